The molecule has 0 radical (unpaired) electrons. The van der Waals surface area contributed by atoms with Crippen LogP contribution in [0.2, 0.25) is 0 Å². The third-order valence-corrected chi connectivity index (χ3v) is 6.01. The fraction of sp³-hybridized carbons (Fsp3) is 0.571. The Morgan fingerprint density at radius 3 is 2.50 bits per heavy atom. The van der Waals surface area contributed by atoms with Gasteiger partial charge in [-0.25, -0.2) is 8.42 Å². The van der Waals surface area contributed by atoms with E-state index in [0.717, 1.165) is 12.0 Å². The first-order valence-corrected chi connectivity index (χ1v) is 8.21. The van der Waals surface area contributed by atoms with Crippen molar-refractivity contribution in [3.8, 4) is 0 Å². The molecule has 0 bridgehead atoms. The van der Waals surface area contributed by atoms with E-state index in [1.54, 1.807) is 23.4 Å². The molecular formula is C14H23N3O2S. The maximum Gasteiger partial charge on any atom is 0.243 e. The molecule has 6 heteroatoms. The zero-order valence-electron chi connectivity index (χ0n) is 12.5. The average Bonchev–Trinajstić information content (AvgIpc) is 2.83. The molecule has 2 rings (SSSR count). The van der Waals surface area contributed by atoms with Gasteiger partial charge in [0.25, 0.3) is 0 Å². The standard InChI is InChI=1S/C14H23N3O2S/c1-10-7-13(15)11(2)14(8-10)20(18,19)17-6-5-12(9-17)16(3)4/h7-8,12H,5-6,9,15H2,1-4H3. The minimum absolute atomic E-state index is 0.284. The molecule has 1 aromatic rings. The van der Waals surface area contributed by atoms with Crippen molar-refractivity contribution in [3.05, 3.63) is 23.3 Å². The molecule has 1 aliphatic heterocycles. The van der Waals surface area contributed by atoms with Crippen molar-refractivity contribution in [2.45, 2.75) is 31.2 Å². The molecule has 0 aliphatic carbocycles. The zero-order valence-corrected chi connectivity index (χ0v) is 13.4. The van der Waals surface area contributed by atoms with Crippen LogP contribution in [0.3, 0.4) is 0 Å². The minimum atomic E-state index is -3.45. The molecule has 0 aromatic heterocycles. The summed E-state index contributed by atoms with van der Waals surface area (Å²) in [7, 11) is 0.512. The highest BCUT2D eigenvalue weighted by atomic mass is 32.2. The lowest BCUT2D eigenvalue weighted by Gasteiger charge is -2.21. The lowest BCUT2D eigenvalue weighted by Crippen LogP contribution is -2.34. The van der Waals surface area contributed by atoms with Crippen LogP contribution in [-0.2, 0) is 10.0 Å². The zero-order chi connectivity index (χ0) is 15.1. The van der Waals surface area contributed by atoms with Gasteiger partial charge in [-0.15, -0.1) is 0 Å². The summed E-state index contributed by atoms with van der Waals surface area (Å²) in [6.07, 6.45) is 0.868. The predicted octanol–water partition coefficient (Wildman–Crippen LogP) is 1.21. The SMILES string of the molecule is Cc1cc(N)c(C)c(S(=O)(=O)N2CCC(N(C)C)C2)c1. The Hall–Kier alpha value is -1.11. The van der Waals surface area contributed by atoms with Crippen molar-refractivity contribution in [2.24, 2.45) is 0 Å². The highest BCUT2D eigenvalue weighted by Gasteiger charge is 2.34. The van der Waals surface area contributed by atoms with Crippen LogP contribution in [0.4, 0.5) is 5.69 Å². The smallest absolute Gasteiger partial charge is 0.243 e. The molecule has 1 aliphatic rings. The Labute approximate surface area is 121 Å². The molecule has 1 atom stereocenters. The summed E-state index contributed by atoms with van der Waals surface area (Å²) in [6, 6.07) is 3.80. The summed E-state index contributed by atoms with van der Waals surface area (Å²) in [6.45, 7) is 4.74. The van der Waals surface area contributed by atoms with Crippen LogP contribution in [0.15, 0.2) is 17.0 Å². The first kappa shape index (κ1) is 15.3. The summed E-state index contributed by atoms with van der Waals surface area (Å²) < 4.78 is 27.1. The van der Waals surface area contributed by atoms with Gasteiger partial charge in [-0.1, -0.05) is 0 Å². The number of benzene rings is 1. The van der Waals surface area contributed by atoms with Gasteiger partial charge >= 0.3 is 0 Å². The molecule has 0 saturated carbocycles. The summed E-state index contributed by atoms with van der Waals surface area (Å²) >= 11 is 0. The molecule has 112 valence electrons. The maximum atomic E-state index is 12.8. The first-order valence-electron chi connectivity index (χ1n) is 6.76. The number of anilines is 1. The van der Waals surface area contributed by atoms with Crippen molar-refractivity contribution in [1.29, 1.82) is 0 Å². The fourth-order valence-corrected chi connectivity index (χ4v) is 4.44. The third kappa shape index (κ3) is 2.68. The van der Waals surface area contributed by atoms with Gasteiger partial charge in [0.05, 0.1) is 4.90 Å². The van der Waals surface area contributed by atoms with Crippen molar-refractivity contribution < 1.29 is 8.42 Å². The van der Waals surface area contributed by atoms with Crippen molar-refractivity contribution in [3.63, 3.8) is 0 Å². The molecule has 0 amide bonds. The largest absolute Gasteiger partial charge is 0.398 e. The normalized spacial score (nSPS) is 20.8. The quantitative estimate of drug-likeness (QED) is 0.852. The number of rotatable bonds is 3. The number of hydrogen-bond donors (Lipinski definition) is 1. The van der Waals surface area contributed by atoms with Crippen LogP contribution in [0.1, 0.15) is 17.5 Å². The van der Waals surface area contributed by atoms with Gasteiger partial charge < -0.3 is 10.6 Å². The third-order valence-electron chi connectivity index (χ3n) is 4.02. The van der Waals surface area contributed by atoms with Crippen LogP contribution in [0.5, 0.6) is 0 Å². The van der Waals surface area contributed by atoms with Crippen LogP contribution < -0.4 is 5.73 Å². The molecule has 1 unspecified atom stereocenters. The van der Waals surface area contributed by atoms with Gasteiger partial charge in [-0.2, -0.15) is 4.31 Å². The van der Waals surface area contributed by atoms with Gasteiger partial charge in [-0.05, 0) is 57.6 Å². The maximum absolute atomic E-state index is 12.8. The van der Waals surface area contributed by atoms with Crippen LogP contribution in [0, 0.1) is 13.8 Å². The average molecular weight is 297 g/mol. The Morgan fingerprint density at radius 2 is 1.95 bits per heavy atom. The Morgan fingerprint density at radius 1 is 1.30 bits per heavy atom. The van der Waals surface area contributed by atoms with Crippen LogP contribution in [0.25, 0.3) is 0 Å². The number of nitrogens with two attached hydrogens (primary N) is 1. The lowest BCUT2D eigenvalue weighted by atomic mass is 10.1. The van der Waals surface area contributed by atoms with E-state index < -0.39 is 10.0 Å². The summed E-state index contributed by atoms with van der Waals surface area (Å²) in [5.74, 6) is 0. The number of hydrogen-bond acceptors (Lipinski definition) is 4. The Bertz CT molecular complexity index is 611. The van der Waals surface area contributed by atoms with E-state index >= 15 is 0 Å². The molecule has 1 heterocycles. The van der Waals surface area contributed by atoms with Crippen LogP contribution in [-0.4, -0.2) is 50.8 Å². The van der Waals surface area contributed by atoms with Crippen molar-refractivity contribution >= 4 is 15.7 Å². The molecule has 1 fully saturated rings. The van der Waals surface area contributed by atoms with E-state index in [2.05, 4.69) is 4.90 Å². The summed E-state index contributed by atoms with van der Waals surface area (Å²) in [4.78, 5) is 2.42. The topological polar surface area (TPSA) is 66.6 Å². The van der Waals surface area contributed by atoms with E-state index in [9.17, 15) is 8.42 Å². The molecule has 0 spiro atoms. The van der Waals surface area contributed by atoms with E-state index in [1.165, 1.54) is 0 Å². The van der Waals surface area contributed by atoms with E-state index in [-0.39, 0.29) is 6.04 Å². The van der Waals surface area contributed by atoms with E-state index in [1.807, 2.05) is 21.0 Å². The minimum Gasteiger partial charge on any atom is -0.398 e. The highest BCUT2D eigenvalue weighted by Crippen LogP contribution is 2.28. The van der Waals surface area contributed by atoms with E-state index in [4.69, 9.17) is 5.73 Å². The molecular weight excluding hydrogens is 274 g/mol. The number of aryl methyl sites for hydroxylation is 1. The lowest BCUT2D eigenvalue weighted by molar-refractivity contribution is 0.302. The van der Waals surface area contributed by atoms with E-state index in [0.29, 0.717) is 29.2 Å². The molecule has 2 N–H and O–H groups in total. The molecule has 1 aromatic carbocycles. The number of likely N-dealkylation sites (N-methyl/N-ethyl adjacent to an activating group) is 1. The monoisotopic (exact) mass is 297 g/mol. The second-order valence-electron chi connectivity index (χ2n) is 5.75. The second kappa shape index (κ2) is 5.35. The Balaban J connectivity index is 2.37. The number of sulfonamides is 1. The van der Waals surface area contributed by atoms with Crippen molar-refractivity contribution in [2.75, 3.05) is 32.9 Å². The predicted molar refractivity (Wildman–Crippen MR) is 81.2 cm³/mol. The summed E-state index contributed by atoms with van der Waals surface area (Å²) in [5.41, 5.74) is 7.95. The molecule has 20 heavy (non-hydrogen) atoms. The van der Waals surface area contributed by atoms with Crippen LogP contribution >= 0.6 is 0 Å². The summed E-state index contributed by atoms with van der Waals surface area (Å²) in [5, 5.41) is 0. The second-order valence-corrected chi connectivity index (χ2v) is 7.65. The van der Waals surface area contributed by atoms with Gasteiger partial charge in [0.2, 0.25) is 10.0 Å². The van der Waals surface area contributed by atoms with Gasteiger partial charge in [0, 0.05) is 24.8 Å². The van der Waals surface area contributed by atoms with Gasteiger partial charge in [0.1, 0.15) is 0 Å². The Kier molecular flexibility index (Phi) is 4.09. The van der Waals surface area contributed by atoms with Gasteiger partial charge in [-0.3, -0.25) is 0 Å². The number of nitrogens with zero attached hydrogens (tertiary/aromatic N) is 2. The highest BCUT2D eigenvalue weighted by molar-refractivity contribution is 7.89. The van der Waals surface area contributed by atoms with Crippen molar-refractivity contribution in [1.82, 2.24) is 9.21 Å². The fourth-order valence-electron chi connectivity index (χ4n) is 2.61. The molecule has 5 nitrogen and oxygen atoms in total. The van der Waals surface area contributed by atoms with Gasteiger partial charge in [0.15, 0.2) is 0 Å². The number of nitrogen functional groups attached to an aromatic ring is 1. The first-order chi connectivity index (χ1) is 9.23. The molecule has 1 saturated heterocycles.